The molecule has 0 fully saturated rings. The number of rotatable bonds is 2. The van der Waals surface area contributed by atoms with Crippen LogP contribution in [0.2, 0.25) is 0 Å². The second-order valence-electron chi connectivity index (χ2n) is 5.29. The Balaban J connectivity index is 1.89. The highest BCUT2D eigenvalue weighted by Crippen LogP contribution is 2.33. The van der Waals surface area contributed by atoms with Crippen LogP contribution in [0.15, 0.2) is 29.1 Å². The zero-order valence-electron chi connectivity index (χ0n) is 11.7. The Morgan fingerprint density at radius 3 is 3.00 bits per heavy atom. The van der Waals surface area contributed by atoms with Gasteiger partial charge in [0, 0.05) is 34.4 Å². The minimum Gasteiger partial charge on any atom is -0.293 e. The van der Waals surface area contributed by atoms with Crippen molar-refractivity contribution in [1.82, 2.24) is 14.6 Å². The van der Waals surface area contributed by atoms with Crippen LogP contribution in [0.5, 0.6) is 0 Å². The van der Waals surface area contributed by atoms with E-state index in [9.17, 15) is 13.6 Å². The summed E-state index contributed by atoms with van der Waals surface area (Å²) in [5.41, 5.74) is 2.56. The Kier molecular flexibility index (Phi) is 3.46. The van der Waals surface area contributed by atoms with Crippen LogP contribution in [0.1, 0.15) is 27.8 Å². The molecule has 3 heterocycles. The van der Waals surface area contributed by atoms with Crippen molar-refractivity contribution < 1.29 is 8.78 Å². The summed E-state index contributed by atoms with van der Waals surface area (Å²) in [6, 6.07) is 5.19. The number of fused-ring (bicyclic) bond motifs is 3. The quantitative estimate of drug-likeness (QED) is 0.698. The second-order valence-corrected chi connectivity index (χ2v) is 6.79. The molecule has 4 rings (SSSR count). The average molecular weight is 351 g/mol. The Hall–Kier alpha value is -1.80. The van der Waals surface area contributed by atoms with Gasteiger partial charge in [0.1, 0.15) is 0 Å². The summed E-state index contributed by atoms with van der Waals surface area (Å²) in [6.45, 7) is 0. The van der Waals surface area contributed by atoms with E-state index in [4.69, 9.17) is 0 Å². The second kappa shape index (κ2) is 5.38. The van der Waals surface area contributed by atoms with Gasteiger partial charge in [0.2, 0.25) is 0 Å². The fraction of sp³-hybridized carbons (Fsp3) is 0.200. The number of nitrogens with zero attached hydrogens (tertiary/aromatic N) is 2. The van der Waals surface area contributed by atoms with E-state index in [-0.39, 0.29) is 11.1 Å². The topological polar surface area (TPSA) is 50.2 Å². The van der Waals surface area contributed by atoms with Gasteiger partial charge in [-0.1, -0.05) is 12.1 Å². The molecule has 0 bridgehead atoms. The van der Waals surface area contributed by atoms with Gasteiger partial charge >= 0.3 is 0 Å². The number of benzene rings is 1. The number of thiol groups is 1. The van der Waals surface area contributed by atoms with Crippen LogP contribution in [-0.4, -0.2) is 14.6 Å². The lowest BCUT2D eigenvalue weighted by molar-refractivity contribution is 0.500. The van der Waals surface area contributed by atoms with Crippen LogP contribution in [-0.2, 0) is 11.5 Å². The molecule has 4 nitrogen and oxygen atoms in total. The van der Waals surface area contributed by atoms with Crippen LogP contribution >= 0.6 is 24.4 Å². The lowest BCUT2D eigenvalue weighted by Gasteiger charge is -2.12. The number of H-pyrrole nitrogens is 1. The molecular formula is C15H11F2N3OS2. The van der Waals surface area contributed by atoms with Crippen molar-refractivity contribution in [2.45, 2.75) is 16.8 Å². The number of hydrogen-bond donors (Lipinski definition) is 2. The summed E-state index contributed by atoms with van der Waals surface area (Å²) in [4.78, 5) is 16.7. The van der Waals surface area contributed by atoms with Gasteiger partial charge in [-0.3, -0.25) is 9.89 Å². The molecule has 1 aromatic carbocycles. The maximum absolute atomic E-state index is 14.0. The molecule has 0 saturated carbocycles. The maximum atomic E-state index is 14.0. The number of aromatic nitrogens is 3. The van der Waals surface area contributed by atoms with Crippen molar-refractivity contribution in [2.24, 2.45) is 0 Å². The molecule has 1 unspecified atom stereocenters. The van der Waals surface area contributed by atoms with Gasteiger partial charge < -0.3 is 0 Å². The van der Waals surface area contributed by atoms with E-state index < -0.39 is 16.9 Å². The van der Waals surface area contributed by atoms with Gasteiger partial charge in [0.25, 0.3) is 5.56 Å². The summed E-state index contributed by atoms with van der Waals surface area (Å²) >= 11 is 6.08. The normalized spacial score (nSPS) is 15.1. The molecule has 118 valence electrons. The standard InChI is InChI=1S/C15H11F2N3OS2/c16-9-3-1-2-7(13(9)17)14(22)10-4-12(21)20-15(18-10)8-5-23-6-11(8)19-20/h1-4,14,19,22H,5-6H2. The molecule has 0 spiro atoms. The summed E-state index contributed by atoms with van der Waals surface area (Å²) < 4.78 is 28.8. The Morgan fingerprint density at radius 1 is 1.35 bits per heavy atom. The monoisotopic (exact) mass is 351 g/mol. The lowest BCUT2D eigenvalue weighted by Crippen LogP contribution is -2.17. The molecule has 1 atom stereocenters. The molecular weight excluding hydrogens is 340 g/mol. The van der Waals surface area contributed by atoms with E-state index in [1.807, 2.05) is 0 Å². The van der Waals surface area contributed by atoms with E-state index in [0.29, 0.717) is 11.3 Å². The number of nitrogens with one attached hydrogen (secondary N) is 1. The van der Waals surface area contributed by atoms with Crippen molar-refractivity contribution in [3.8, 4) is 0 Å². The number of hydrogen-bond acceptors (Lipinski definition) is 4. The van der Waals surface area contributed by atoms with Gasteiger partial charge in [-0.25, -0.2) is 18.3 Å². The molecule has 1 N–H and O–H groups in total. The largest absolute Gasteiger partial charge is 0.293 e. The SMILES string of the molecule is O=c1cc(C(S)c2cccc(F)c2F)nc2c3c([nH]n12)CSC3. The molecule has 0 aliphatic carbocycles. The van der Waals surface area contributed by atoms with Gasteiger partial charge in [0.05, 0.1) is 10.9 Å². The summed E-state index contributed by atoms with van der Waals surface area (Å²) in [5, 5.41) is 2.22. The number of thioether (sulfide) groups is 1. The van der Waals surface area contributed by atoms with Crippen molar-refractivity contribution in [2.75, 3.05) is 0 Å². The van der Waals surface area contributed by atoms with Crippen molar-refractivity contribution >= 4 is 30.0 Å². The molecule has 1 aliphatic heterocycles. The highest BCUT2D eigenvalue weighted by atomic mass is 32.2. The number of aromatic amines is 1. The van der Waals surface area contributed by atoms with Gasteiger partial charge in [-0.15, -0.1) is 0 Å². The van der Waals surface area contributed by atoms with Crippen LogP contribution in [0.4, 0.5) is 8.78 Å². The fourth-order valence-electron chi connectivity index (χ4n) is 2.71. The van der Waals surface area contributed by atoms with E-state index in [0.717, 1.165) is 28.8 Å². The Bertz CT molecular complexity index is 983. The van der Waals surface area contributed by atoms with Crippen molar-refractivity contribution in [3.05, 3.63) is 68.8 Å². The fourth-order valence-corrected chi connectivity index (χ4v) is 4.09. The minimum absolute atomic E-state index is 0.0612. The first-order valence-electron chi connectivity index (χ1n) is 6.89. The smallest absolute Gasteiger partial charge is 0.272 e. The molecule has 1 aliphatic rings. The zero-order valence-corrected chi connectivity index (χ0v) is 13.4. The molecule has 23 heavy (non-hydrogen) atoms. The van der Waals surface area contributed by atoms with Crippen LogP contribution in [0.3, 0.4) is 0 Å². The third-order valence-electron chi connectivity index (χ3n) is 3.87. The van der Waals surface area contributed by atoms with Gasteiger partial charge in [-0.05, 0) is 6.07 Å². The van der Waals surface area contributed by atoms with Crippen LogP contribution in [0, 0.1) is 11.6 Å². The molecule has 0 radical (unpaired) electrons. The van der Waals surface area contributed by atoms with Crippen LogP contribution < -0.4 is 5.56 Å². The first-order valence-corrected chi connectivity index (χ1v) is 8.56. The third kappa shape index (κ3) is 2.28. The van der Waals surface area contributed by atoms with E-state index in [1.165, 1.54) is 22.7 Å². The minimum atomic E-state index is -0.968. The van der Waals surface area contributed by atoms with E-state index in [1.54, 1.807) is 11.8 Å². The molecule has 3 aromatic rings. The highest BCUT2D eigenvalue weighted by Gasteiger charge is 2.23. The summed E-state index contributed by atoms with van der Waals surface area (Å²) in [6.07, 6.45) is 0. The zero-order chi connectivity index (χ0) is 16.1. The first kappa shape index (κ1) is 14.8. The van der Waals surface area contributed by atoms with Crippen LogP contribution in [0.25, 0.3) is 5.65 Å². The van der Waals surface area contributed by atoms with E-state index >= 15 is 0 Å². The third-order valence-corrected chi connectivity index (χ3v) is 5.40. The predicted molar refractivity (Wildman–Crippen MR) is 88.0 cm³/mol. The highest BCUT2D eigenvalue weighted by molar-refractivity contribution is 7.98. The molecule has 2 aromatic heterocycles. The van der Waals surface area contributed by atoms with Gasteiger partial charge in [-0.2, -0.15) is 24.4 Å². The summed E-state index contributed by atoms with van der Waals surface area (Å²) in [7, 11) is 0. The van der Waals surface area contributed by atoms with Crippen molar-refractivity contribution in [1.29, 1.82) is 0 Å². The summed E-state index contributed by atoms with van der Waals surface area (Å²) in [5.74, 6) is -0.345. The lowest BCUT2D eigenvalue weighted by atomic mass is 10.1. The molecule has 8 heteroatoms. The molecule has 0 amide bonds. The Morgan fingerprint density at radius 2 is 2.17 bits per heavy atom. The van der Waals surface area contributed by atoms with E-state index in [2.05, 4.69) is 22.7 Å². The number of halogens is 2. The maximum Gasteiger partial charge on any atom is 0.272 e. The predicted octanol–water partition coefficient (Wildman–Crippen LogP) is 3.07. The Labute approximate surface area is 139 Å². The van der Waals surface area contributed by atoms with Gasteiger partial charge in [0.15, 0.2) is 17.3 Å². The first-order chi connectivity index (χ1) is 11.1. The molecule has 0 saturated heterocycles. The average Bonchev–Trinajstić information content (AvgIpc) is 3.11. The van der Waals surface area contributed by atoms with Crippen molar-refractivity contribution in [3.63, 3.8) is 0 Å².